The molecule has 8 rings (SSSR count). The van der Waals surface area contributed by atoms with E-state index >= 15 is 0 Å². The maximum absolute atomic E-state index is 12.3. The minimum Gasteiger partial charge on any atom is -0.463 e. The van der Waals surface area contributed by atoms with E-state index in [0.717, 1.165) is 71.8 Å². The molecule has 2 aromatic carbocycles. The summed E-state index contributed by atoms with van der Waals surface area (Å²) in [6.45, 7) is 10.2. The lowest BCUT2D eigenvalue weighted by atomic mass is 10.1. The number of nitrogens with one attached hydrogen (secondary N) is 2. The number of hydrogen-bond acceptors (Lipinski definition) is 14. The first kappa shape index (κ1) is 40.9. The zero-order valence-electron chi connectivity index (χ0n) is 33.6. The lowest BCUT2D eigenvalue weighted by Gasteiger charge is -2.17. The van der Waals surface area contributed by atoms with Gasteiger partial charge in [-0.05, 0) is 119 Å². The summed E-state index contributed by atoms with van der Waals surface area (Å²) in [7, 11) is 0. The highest BCUT2D eigenvalue weighted by atomic mass is 16.5. The van der Waals surface area contributed by atoms with Gasteiger partial charge >= 0.3 is 23.1 Å². The summed E-state index contributed by atoms with van der Waals surface area (Å²) in [6.07, 6.45) is 10.9. The molecule has 6 heterocycles. The van der Waals surface area contributed by atoms with Crippen molar-refractivity contribution >= 4 is 22.1 Å². The van der Waals surface area contributed by atoms with E-state index in [2.05, 4.69) is 49.8 Å². The van der Waals surface area contributed by atoms with Gasteiger partial charge in [-0.25, -0.2) is 39.3 Å². The van der Waals surface area contributed by atoms with Gasteiger partial charge in [0.05, 0.1) is 28.7 Å². The Hall–Kier alpha value is -7.31. The van der Waals surface area contributed by atoms with Crippen molar-refractivity contribution in [1.82, 2.24) is 63.5 Å². The number of H-pyrrole nitrogens is 2. The fraction of sp³-hybridized carbons (Fsp3) is 0.341. The van der Waals surface area contributed by atoms with E-state index in [0.29, 0.717) is 49.1 Å². The second-order valence-corrected chi connectivity index (χ2v) is 14.5. The Labute approximate surface area is 341 Å². The molecular weight excluding hydrogens is 771 g/mol. The van der Waals surface area contributed by atoms with E-state index in [1.165, 1.54) is 17.2 Å². The van der Waals surface area contributed by atoms with Crippen molar-refractivity contribution in [3.8, 4) is 29.0 Å². The molecule has 0 saturated carbocycles. The molecule has 0 fully saturated rings. The van der Waals surface area contributed by atoms with Crippen molar-refractivity contribution in [2.75, 3.05) is 6.61 Å². The van der Waals surface area contributed by atoms with Crippen LogP contribution in [-0.4, -0.2) is 70.1 Å². The number of nitrogens with zero attached hydrogens (tertiary/aromatic N) is 11. The van der Waals surface area contributed by atoms with E-state index < -0.39 is 22.5 Å². The Kier molecular flexibility index (Phi) is 12.3. The fourth-order valence-electron chi connectivity index (χ4n) is 6.82. The van der Waals surface area contributed by atoms with Gasteiger partial charge in [0.15, 0.2) is 23.0 Å². The highest BCUT2D eigenvalue weighted by molar-refractivity contribution is 5.82. The molecule has 0 atom stereocenters. The molecule has 0 unspecified atom stereocenters. The number of ether oxygens (including phenoxy) is 1. The van der Waals surface area contributed by atoms with Gasteiger partial charge in [0.2, 0.25) is 0 Å². The molecule has 4 aliphatic heterocycles. The summed E-state index contributed by atoms with van der Waals surface area (Å²) in [5.41, 5.74) is 5.05. The Morgan fingerprint density at radius 2 is 1.08 bits per heavy atom. The summed E-state index contributed by atoms with van der Waals surface area (Å²) >= 11 is 0. The van der Waals surface area contributed by atoms with Crippen LogP contribution in [0.3, 0.4) is 0 Å². The van der Waals surface area contributed by atoms with E-state index in [4.69, 9.17) is 4.74 Å². The predicted octanol–water partition coefficient (Wildman–Crippen LogP) is 3.26. The van der Waals surface area contributed by atoms with Gasteiger partial charge in [0.25, 0.3) is 11.1 Å². The first-order valence-corrected chi connectivity index (χ1v) is 19.6. The molecule has 0 spiro atoms. The molecule has 0 amide bonds. The van der Waals surface area contributed by atoms with Crippen molar-refractivity contribution in [2.24, 2.45) is 0 Å². The SMILES string of the molecule is Cc1cc2nc3c(=O)[nH]c(=O)nc-3n(CCCCCOc3ncccn3)c2cc1C.Cc1cc2nc3c(=O)[nH]c(=O)nc-3n(CCCCCn3cncnc3=O)c2cc1C. The summed E-state index contributed by atoms with van der Waals surface area (Å²) in [5.74, 6) is 0.598. The van der Waals surface area contributed by atoms with Crippen LogP contribution in [0.4, 0.5) is 0 Å². The van der Waals surface area contributed by atoms with Crippen molar-refractivity contribution < 1.29 is 4.74 Å². The van der Waals surface area contributed by atoms with Crippen LogP contribution >= 0.6 is 0 Å². The fourth-order valence-corrected chi connectivity index (χ4v) is 6.82. The first-order chi connectivity index (χ1) is 29.0. The monoisotopic (exact) mass is 813 g/mol. The Balaban J connectivity index is 0.000000181. The number of aromatic amines is 2. The van der Waals surface area contributed by atoms with Crippen LogP contribution in [0.15, 0.2) is 79.4 Å². The average Bonchev–Trinajstić information content (AvgIpc) is 3.21. The molecule has 0 saturated heterocycles. The Morgan fingerprint density at radius 3 is 1.62 bits per heavy atom. The number of rotatable bonds is 13. The Bertz CT molecular complexity index is 3050. The van der Waals surface area contributed by atoms with Crippen LogP contribution < -0.4 is 32.9 Å². The Morgan fingerprint density at radius 1 is 0.583 bits per heavy atom. The lowest BCUT2D eigenvalue weighted by molar-refractivity contribution is 0.281. The van der Waals surface area contributed by atoms with Crippen LogP contribution in [0.1, 0.15) is 60.8 Å². The predicted molar refractivity (Wildman–Crippen MR) is 223 cm³/mol. The number of fused-ring (bicyclic) bond motifs is 4. The second kappa shape index (κ2) is 18.1. The molecule has 60 heavy (non-hydrogen) atoms. The summed E-state index contributed by atoms with van der Waals surface area (Å²) in [6, 6.07) is 10.0. The van der Waals surface area contributed by atoms with Gasteiger partial charge in [-0.3, -0.25) is 24.1 Å². The third-order valence-corrected chi connectivity index (χ3v) is 10.2. The van der Waals surface area contributed by atoms with Gasteiger partial charge in [0.1, 0.15) is 12.7 Å². The quantitative estimate of drug-likeness (QED) is 0.125. The van der Waals surface area contributed by atoms with Crippen molar-refractivity contribution in [3.63, 3.8) is 0 Å². The number of benzene rings is 2. The molecule has 0 aliphatic carbocycles. The van der Waals surface area contributed by atoms with Crippen LogP contribution in [0, 0.1) is 27.7 Å². The number of aromatic nitrogens is 13. The number of aryl methyl sites for hydroxylation is 7. The van der Waals surface area contributed by atoms with E-state index in [1.807, 2.05) is 61.1 Å². The zero-order valence-corrected chi connectivity index (χ0v) is 33.6. The number of hydrogen-bond donors (Lipinski definition) is 2. The van der Waals surface area contributed by atoms with Crippen LogP contribution in [0.5, 0.6) is 6.01 Å². The molecular formula is C41H43N13O6. The standard InChI is InChI=1S/C21H22N6O3.C20H21N7O3/c1-13-11-15-16(12-14(13)2)27(18-17(24-15)19(28)26-20(29)25-18)9-4-3-5-10-30-21-22-7-6-8-23-21;1-12-8-14-15(9-13(12)2)27(17-16(23-14)18(28)25-19(29)24-17)7-5-3-4-6-26-11-21-10-22-20(26)30/h6-8,11-12H,3-5,9-10H2,1-2H3,(H,26,28,29);8-11H,3-7H2,1-2H3,(H,25,28,29). The molecule has 19 heteroatoms. The molecule has 19 nitrogen and oxygen atoms in total. The largest absolute Gasteiger partial charge is 0.463 e. The lowest BCUT2D eigenvalue weighted by Crippen LogP contribution is -2.29. The van der Waals surface area contributed by atoms with E-state index in [9.17, 15) is 24.0 Å². The van der Waals surface area contributed by atoms with Crippen LogP contribution in [0.2, 0.25) is 0 Å². The second-order valence-electron chi connectivity index (χ2n) is 14.5. The molecule has 4 aliphatic rings. The molecule has 0 bridgehead atoms. The maximum atomic E-state index is 12.3. The number of unbranched alkanes of at least 4 members (excludes halogenated alkanes) is 4. The normalized spacial score (nSPS) is 11.3. The first-order valence-electron chi connectivity index (χ1n) is 19.6. The van der Waals surface area contributed by atoms with Gasteiger partial charge in [-0.2, -0.15) is 15.0 Å². The molecule has 2 aromatic heterocycles. The minimum atomic E-state index is -0.685. The molecule has 2 N–H and O–H groups in total. The summed E-state index contributed by atoms with van der Waals surface area (Å²) < 4.78 is 10.8. The third kappa shape index (κ3) is 9.19. The van der Waals surface area contributed by atoms with Crippen LogP contribution in [-0.2, 0) is 19.6 Å². The van der Waals surface area contributed by atoms with Gasteiger partial charge in [-0.15, -0.1) is 0 Å². The molecule has 308 valence electrons. The third-order valence-electron chi connectivity index (χ3n) is 10.2. The average molecular weight is 814 g/mol. The molecule has 4 aromatic rings. The van der Waals surface area contributed by atoms with Gasteiger partial charge < -0.3 is 13.9 Å². The summed E-state index contributed by atoms with van der Waals surface area (Å²) in [4.78, 5) is 96.8. The van der Waals surface area contributed by atoms with Gasteiger partial charge in [-0.1, -0.05) is 0 Å². The maximum Gasteiger partial charge on any atom is 0.350 e. The smallest absolute Gasteiger partial charge is 0.350 e. The van der Waals surface area contributed by atoms with E-state index in [1.54, 1.807) is 18.5 Å². The topological polar surface area (TPSA) is 244 Å². The highest BCUT2D eigenvalue weighted by Crippen LogP contribution is 2.26. The van der Waals surface area contributed by atoms with Gasteiger partial charge in [0, 0.05) is 32.0 Å². The summed E-state index contributed by atoms with van der Waals surface area (Å²) in [5, 5.41) is 0. The zero-order chi connectivity index (χ0) is 42.3. The van der Waals surface area contributed by atoms with E-state index in [-0.39, 0.29) is 22.9 Å². The minimum absolute atomic E-state index is 0.151. The van der Waals surface area contributed by atoms with Crippen molar-refractivity contribution in [2.45, 2.75) is 85.9 Å². The van der Waals surface area contributed by atoms with Crippen LogP contribution in [0.25, 0.3) is 45.1 Å². The van der Waals surface area contributed by atoms with Crippen molar-refractivity contribution in [3.05, 3.63) is 130 Å². The molecule has 0 radical (unpaired) electrons. The highest BCUT2D eigenvalue weighted by Gasteiger charge is 2.20. The van der Waals surface area contributed by atoms with Crippen molar-refractivity contribution in [1.29, 1.82) is 0 Å².